The maximum Gasteiger partial charge on any atom is 0.275 e. The highest BCUT2D eigenvalue weighted by molar-refractivity contribution is 6.06. The summed E-state index contributed by atoms with van der Waals surface area (Å²) in [7, 11) is 1.52. The van der Waals surface area contributed by atoms with Gasteiger partial charge in [-0.25, -0.2) is 4.68 Å². The van der Waals surface area contributed by atoms with Gasteiger partial charge in [-0.15, -0.1) is 0 Å². The first kappa shape index (κ1) is 23.0. The van der Waals surface area contributed by atoms with Gasteiger partial charge >= 0.3 is 0 Å². The summed E-state index contributed by atoms with van der Waals surface area (Å²) in [5.41, 5.74) is 0.452. The molecule has 2 aromatic carbocycles. The van der Waals surface area contributed by atoms with Crippen LogP contribution in [0.2, 0.25) is 0 Å². The highest BCUT2D eigenvalue weighted by atomic mass is 16.5. The number of rotatable bonds is 8. The first-order valence-electron chi connectivity index (χ1n) is 10.6. The summed E-state index contributed by atoms with van der Waals surface area (Å²) < 4.78 is 6.60. The number of hydrogen-bond donors (Lipinski definition) is 1. The largest absolute Gasteiger partial charge is 0.495 e. The van der Waals surface area contributed by atoms with Gasteiger partial charge in [-0.2, -0.15) is 5.10 Å². The van der Waals surface area contributed by atoms with Crippen molar-refractivity contribution in [1.82, 2.24) is 14.7 Å². The van der Waals surface area contributed by atoms with Crippen LogP contribution in [0.15, 0.2) is 53.3 Å². The molecule has 0 fully saturated rings. The van der Waals surface area contributed by atoms with E-state index in [4.69, 9.17) is 4.74 Å². The van der Waals surface area contributed by atoms with E-state index < -0.39 is 5.91 Å². The molecule has 0 atom stereocenters. The number of nitrogens with zero attached hydrogens (tertiary/aromatic N) is 3. The highest BCUT2D eigenvalue weighted by Gasteiger charge is 2.23. The monoisotopic (exact) mass is 436 g/mol. The van der Waals surface area contributed by atoms with E-state index in [0.29, 0.717) is 35.3 Å². The second kappa shape index (κ2) is 10.1. The van der Waals surface area contributed by atoms with Crippen molar-refractivity contribution < 1.29 is 14.3 Å². The molecule has 8 heteroatoms. The van der Waals surface area contributed by atoms with Gasteiger partial charge in [-0.1, -0.05) is 44.2 Å². The Morgan fingerprint density at radius 3 is 2.41 bits per heavy atom. The molecule has 3 aromatic rings. The number of amides is 2. The van der Waals surface area contributed by atoms with Gasteiger partial charge in [0.2, 0.25) is 5.91 Å². The lowest BCUT2D eigenvalue weighted by Crippen LogP contribution is -2.39. The Morgan fingerprint density at radius 2 is 1.75 bits per heavy atom. The molecule has 0 radical (unpaired) electrons. The number of para-hydroxylation sites is 2. The van der Waals surface area contributed by atoms with Gasteiger partial charge in [0.05, 0.1) is 18.2 Å². The van der Waals surface area contributed by atoms with Crippen LogP contribution in [0, 0.1) is 5.92 Å². The minimum Gasteiger partial charge on any atom is -0.495 e. The maximum atomic E-state index is 13.4. The summed E-state index contributed by atoms with van der Waals surface area (Å²) in [4.78, 5) is 40.3. The average molecular weight is 437 g/mol. The Labute approximate surface area is 186 Å². The van der Waals surface area contributed by atoms with E-state index in [2.05, 4.69) is 10.4 Å². The second-order valence-corrected chi connectivity index (χ2v) is 7.84. The third-order valence-corrected chi connectivity index (χ3v) is 4.99. The van der Waals surface area contributed by atoms with E-state index >= 15 is 0 Å². The Balaban J connectivity index is 1.91. The Hall–Kier alpha value is -3.68. The number of hydrogen-bond acceptors (Lipinski definition) is 5. The number of benzene rings is 2. The smallest absolute Gasteiger partial charge is 0.275 e. The summed E-state index contributed by atoms with van der Waals surface area (Å²) in [6.07, 6.45) is 0. The Kier molecular flexibility index (Phi) is 7.25. The first-order valence-corrected chi connectivity index (χ1v) is 10.6. The zero-order valence-electron chi connectivity index (χ0n) is 18.8. The molecule has 0 unspecified atom stereocenters. The standard InChI is InChI=1S/C24H28N4O4/c1-5-27(15-21(29)25-19-12-8-9-13-20(19)32-4)24(31)22-17-10-6-7-11-18(17)23(30)28(26-22)14-16(2)3/h6-13,16H,5,14-15H2,1-4H3,(H,25,29). The lowest BCUT2D eigenvalue weighted by atomic mass is 10.1. The molecule has 0 aliphatic rings. The third kappa shape index (κ3) is 4.96. The van der Waals surface area contributed by atoms with Crippen LogP contribution in [-0.4, -0.2) is 46.7 Å². The molecule has 1 aromatic heterocycles. The fraction of sp³-hybridized carbons (Fsp3) is 0.333. The minimum atomic E-state index is -0.406. The number of anilines is 1. The molecular formula is C24H28N4O4. The Bertz CT molecular complexity index is 1190. The van der Waals surface area contributed by atoms with Gasteiger partial charge in [-0.05, 0) is 31.0 Å². The fourth-order valence-corrected chi connectivity index (χ4v) is 3.45. The molecule has 1 N–H and O–H groups in total. The minimum absolute atomic E-state index is 0.160. The SMILES string of the molecule is CCN(CC(=O)Nc1ccccc1OC)C(=O)c1nn(CC(C)C)c(=O)c2ccccc12. The van der Waals surface area contributed by atoms with Crippen molar-refractivity contribution in [3.63, 3.8) is 0 Å². The molecule has 0 saturated carbocycles. The van der Waals surface area contributed by atoms with Crippen molar-refractivity contribution in [3.8, 4) is 5.75 Å². The number of fused-ring (bicyclic) bond motifs is 1. The van der Waals surface area contributed by atoms with Gasteiger partial charge in [-0.3, -0.25) is 14.4 Å². The van der Waals surface area contributed by atoms with Crippen LogP contribution in [0.5, 0.6) is 5.75 Å². The van der Waals surface area contributed by atoms with Crippen LogP contribution >= 0.6 is 0 Å². The van der Waals surface area contributed by atoms with E-state index in [1.165, 1.54) is 16.7 Å². The van der Waals surface area contributed by atoms with Gasteiger partial charge in [0.1, 0.15) is 12.3 Å². The maximum absolute atomic E-state index is 13.4. The molecule has 0 aliphatic heterocycles. The van der Waals surface area contributed by atoms with Gasteiger partial charge in [0, 0.05) is 18.5 Å². The molecule has 2 amide bonds. The number of ether oxygens (including phenoxy) is 1. The molecule has 0 saturated heterocycles. The second-order valence-electron chi connectivity index (χ2n) is 7.84. The zero-order chi connectivity index (χ0) is 23.3. The number of likely N-dealkylation sites (N-methyl/N-ethyl adjacent to an activating group) is 1. The number of aromatic nitrogens is 2. The van der Waals surface area contributed by atoms with Crippen LogP contribution in [0.25, 0.3) is 10.8 Å². The van der Waals surface area contributed by atoms with Crippen molar-refractivity contribution in [2.75, 3.05) is 25.5 Å². The highest BCUT2D eigenvalue weighted by Crippen LogP contribution is 2.23. The molecule has 8 nitrogen and oxygen atoms in total. The van der Waals surface area contributed by atoms with Crippen molar-refractivity contribution in [2.45, 2.75) is 27.3 Å². The topological polar surface area (TPSA) is 93.5 Å². The molecule has 168 valence electrons. The molecule has 0 spiro atoms. The Morgan fingerprint density at radius 1 is 1.09 bits per heavy atom. The van der Waals surface area contributed by atoms with Gasteiger partial charge in [0.15, 0.2) is 5.69 Å². The number of carbonyl (C=O) groups is 2. The number of methoxy groups -OCH3 is 1. The van der Waals surface area contributed by atoms with Crippen LogP contribution in [0.3, 0.4) is 0 Å². The predicted octanol–water partition coefficient (Wildman–Crippen LogP) is 3.16. The van der Waals surface area contributed by atoms with Crippen LogP contribution in [-0.2, 0) is 11.3 Å². The van der Waals surface area contributed by atoms with Gasteiger partial charge in [0.25, 0.3) is 11.5 Å². The van der Waals surface area contributed by atoms with E-state index in [1.807, 2.05) is 13.8 Å². The summed E-state index contributed by atoms with van der Waals surface area (Å²) in [6, 6.07) is 14.0. The summed E-state index contributed by atoms with van der Waals surface area (Å²) in [5, 5.41) is 8.08. The summed E-state index contributed by atoms with van der Waals surface area (Å²) in [5.74, 6) is -0.0530. The quantitative estimate of drug-likeness (QED) is 0.585. The van der Waals surface area contributed by atoms with Gasteiger partial charge < -0.3 is 15.0 Å². The van der Waals surface area contributed by atoms with Crippen LogP contribution < -0.4 is 15.6 Å². The molecule has 32 heavy (non-hydrogen) atoms. The molecular weight excluding hydrogens is 408 g/mol. The van der Waals surface area contributed by atoms with E-state index in [1.54, 1.807) is 55.5 Å². The summed E-state index contributed by atoms with van der Waals surface area (Å²) >= 11 is 0. The van der Waals surface area contributed by atoms with Crippen LogP contribution in [0.4, 0.5) is 5.69 Å². The summed E-state index contributed by atoms with van der Waals surface area (Å²) in [6.45, 7) is 6.28. The van der Waals surface area contributed by atoms with E-state index in [0.717, 1.165) is 0 Å². The van der Waals surface area contributed by atoms with E-state index in [-0.39, 0.29) is 29.6 Å². The van der Waals surface area contributed by atoms with Crippen molar-refractivity contribution in [1.29, 1.82) is 0 Å². The normalized spacial score (nSPS) is 10.9. The molecule has 3 rings (SSSR count). The van der Waals surface area contributed by atoms with Crippen molar-refractivity contribution >= 4 is 28.3 Å². The molecule has 1 heterocycles. The van der Waals surface area contributed by atoms with Crippen molar-refractivity contribution in [2.24, 2.45) is 5.92 Å². The number of nitrogens with one attached hydrogen (secondary N) is 1. The number of carbonyl (C=O) groups excluding carboxylic acids is 2. The fourth-order valence-electron chi connectivity index (χ4n) is 3.45. The predicted molar refractivity (Wildman–Crippen MR) is 124 cm³/mol. The lowest BCUT2D eigenvalue weighted by molar-refractivity contribution is -0.116. The van der Waals surface area contributed by atoms with E-state index in [9.17, 15) is 14.4 Å². The first-order chi connectivity index (χ1) is 15.3. The van der Waals surface area contributed by atoms with Crippen molar-refractivity contribution in [3.05, 3.63) is 64.6 Å². The average Bonchev–Trinajstić information content (AvgIpc) is 2.79. The zero-order valence-corrected chi connectivity index (χ0v) is 18.8. The van der Waals surface area contributed by atoms with Crippen LogP contribution in [0.1, 0.15) is 31.3 Å². The lowest BCUT2D eigenvalue weighted by Gasteiger charge is -2.21. The molecule has 0 bridgehead atoms. The molecule has 0 aliphatic carbocycles. The third-order valence-electron chi connectivity index (χ3n) is 4.99.